The Kier molecular flexibility index (Phi) is 5.71. The largest absolute Gasteiger partial charge is 0.423 e. The molecule has 1 aliphatic carbocycles. The number of ether oxygens (including phenoxy) is 1. The smallest absolute Gasteiger partial charge is 0.356 e. The summed E-state index contributed by atoms with van der Waals surface area (Å²) in [5.41, 5.74) is 0. The predicted molar refractivity (Wildman–Crippen MR) is 61.3 cm³/mol. The number of hydrogen-bond donors (Lipinski definition) is 1. The molecule has 3 atom stereocenters. The molecule has 0 bridgehead atoms. The Labute approximate surface area is 113 Å². The number of nitrogens with one attached hydrogen (secondary N) is 1. The van der Waals surface area contributed by atoms with Crippen molar-refractivity contribution in [2.75, 3.05) is 6.54 Å². The molecule has 0 aliphatic heterocycles. The van der Waals surface area contributed by atoms with E-state index in [1.54, 1.807) is 13.8 Å². The first kappa shape index (κ1) is 17.6. The average molecular weight is 307 g/mol. The maximum atomic E-state index is 12.5. The maximum Gasteiger partial charge on any atom is 0.423 e. The number of likely N-dealkylation sites (N-methyl/N-ethyl adjacent to an activating group) is 1. The molecule has 3 unspecified atom stereocenters. The van der Waals surface area contributed by atoms with Crippen LogP contribution in [0, 0.1) is 5.92 Å². The van der Waals surface area contributed by atoms with Crippen molar-refractivity contribution < 1.29 is 31.1 Å². The molecular weight excluding hydrogens is 288 g/mol. The predicted octanol–water partition coefficient (Wildman–Crippen LogP) is 3.66. The van der Waals surface area contributed by atoms with Crippen molar-refractivity contribution in [1.82, 2.24) is 5.32 Å². The van der Waals surface area contributed by atoms with Crippen molar-refractivity contribution >= 4 is 0 Å². The van der Waals surface area contributed by atoms with Gasteiger partial charge in [-0.15, -0.1) is 0 Å². The first-order valence-corrected chi connectivity index (χ1v) is 6.58. The van der Waals surface area contributed by atoms with Gasteiger partial charge in [-0.05, 0) is 31.7 Å². The average Bonchev–Trinajstić information content (AvgIpc) is 2.26. The Hall–Kier alpha value is -0.500. The molecular formula is C12H19F6NO. The zero-order chi connectivity index (χ0) is 15.6. The van der Waals surface area contributed by atoms with Gasteiger partial charge in [0.1, 0.15) is 0 Å². The molecule has 0 aromatic heterocycles. The Morgan fingerprint density at radius 1 is 1.10 bits per heavy atom. The molecule has 0 amide bonds. The molecule has 1 aliphatic rings. The fourth-order valence-electron chi connectivity index (χ4n) is 2.49. The summed E-state index contributed by atoms with van der Waals surface area (Å²) in [5, 5.41) is 2.90. The van der Waals surface area contributed by atoms with Crippen molar-refractivity contribution in [2.45, 2.75) is 63.7 Å². The third-order valence-electron chi connectivity index (χ3n) is 3.43. The van der Waals surface area contributed by atoms with Gasteiger partial charge in [0.15, 0.2) is 0 Å². The van der Waals surface area contributed by atoms with Crippen molar-refractivity contribution in [3.63, 3.8) is 0 Å². The van der Waals surface area contributed by atoms with E-state index in [0.717, 1.165) is 6.42 Å². The third-order valence-corrected chi connectivity index (χ3v) is 3.43. The van der Waals surface area contributed by atoms with E-state index in [1.165, 1.54) is 0 Å². The second kappa shape index (κ2) is 6.51. The quantitative estimate of drug-likeness (QED) is 0.800. The molecule has 0 aromatic rings. The standard InChI is InChI=1S/C12H19F6NO/c1-3-19-8-5-4-7(2)6-9(8)20-10(11(13,14)15)12(16,17)18/h7-10,19H,3-6H2,1-2H3. The van der Waals surface area contributed by atoms with E-state index in [0.29, 0.717) is 13.0 Å². The lowest BCUT2D eigenvalue weighted by atomic mass is 9.85. The van der Waals surface area contributed by atoms with E-state index in [2.05, 4.69) is 10.1 Å². The summed E-state index contributed by atoms with van der Waals surface area (Å²) in [7, 11) is 0. The first-order valence-electron chi connectivity index (χ1n) is 6.58. The van der Waals surface area contributed by atoms with E-state index < -0.39 is 30.6 Å². The minimum atomic E-state index is -5.45. The van der Waals surface area contributed by atoms with Gasteiger partial charge in [0, 0.05) is 6.04 Å². The van der Waals surface area contributed by atoms with Crippen molar-refractivity contribution in [3.05, 3.63) is 0 Å². The molecule has 0 saturated heterocycles. The molecule has 20 heavy (non-hydrogen) atoms. The molecule has 1 saturated carbocycles. The molecule has 1 N–H and O–H groups in total. The normalized spacial score (nSPS) is 28.9. The molecule has 2 nitrogen and oxygen atoms in total. The fraction of sp³-hybridized carbons (Fsp3) is 1.00. The van der Waals surface area contributed by atoms with Crippen LogP contribution in [0.2, 0.25) is 0 Å². The minimum Gasteiger partial charge on any atom is -0.356 e. The Bertz CT molecular complexity index is 289. The molecule has 0 aromatic carbocycles. The summed E-state index contributed by atoms with van der Waals surface area (Å²) >= 11 is 0. The third kappa shape index (κ3) is 4.80. The lowest BCUT2D eigenvalue weighted by Crippen LogP contribution is -2.52. The summed E-state index contributed by atoms with van der Waals surface area (Å²) in [6, 6.07) is -0.469. The second-order valence-electron chi connectivity index (χ2n) is 5.22. The van der Waals surface area contributed by atoms with E-state index in [9.17, 15) is 26.3 Å². The molecule has 0 heterocycles. The summed E-state index contributed by atoms with van der Waals surface area (Å²) in [6.45, 7) is 4.02. The van der Waals surface area contributed by atoms with Crippen LogP contribution in [0.4, 0.5) is 26.3 Å². The van der Waals surface area contributed by atoms with Crippen LogP contribution in [0.5, 0.6) is 0 Å². The monoisotopic (exact) mass is 307 g/mol. The second-order valence-corrected chi connectivity index (χ2v) is 5.22. The zero-order valence-electron chi connectivity index (χ0n) is 11.3. The van der Waals surface area contributed by atoms with Crippen LogP contribution >= 0.6 is 0 Å². The maximum absolute atomic E-state index is 12.5. The minimum absolute atomic E-state index is 0.0528. The highest BCUT2D eigenvalue weighted by Gasteiger charge is 2.59. The van der Waals surface area contributed by atoms with Gasteiger partial charge in [0.25, 0.3) is 0 Å². The highest BCUT2D eigenvalue weighted by atomic mass is 19.4. The number of halogens is 6. The molecule has 120 valence electrons. The molecule has 0 radical (unpaired) electrons. The Morgan fingerprint density at radius 3 is 2.10 bits per heavy atom. The Balaban J connectivity index is 2.83. The van der Waals surface area contributed by atoms with Crippen molar-refractivity contribution in [3.8, 4) is 0 Å². The zero-order valence-corrected chi connectivity index (χ0v) is 11.3. The number of rotatable bonds is 4. The topological polar surface area (TPSA) is 21.3 Å². The number of hydrogen-bond acceptors (Lipinski definition) is 2. The van der Waals surface area contributed by atoms with Gasteiger partial charge in [-0.2, -0.15) is 26.3 Å². The Morgan fingerprint density at radius 2 is 1.65 bits per heavy atom. The summed E-state index contributed by atoms with van der Waals surface area (Å²) in [5.74, 6) is 0.0528. The van der Waals surface area contributed by atoms with Crippen LogP contribution in [0.1, 0.15) is 33.1 Å². The van der Waals surface area contributed by atoms with Gasteiger partial charge in [-0.1, -0.05) is 13.8 Å². The summed E-state index contributed by atoms with van der Waals surface area (Å²) in [4.78, 5) is 0. The SMILES string of the molecule is CCNC1CCC(C)CC1OC(C(F)(F)F)C(F)(F)F. The van der Waals surface area contributed by atoms with Crippen LogP contribution in [-0.2, 0) is 4.74 Å². The van der Waals surface area contributed by atoms with Gasteiger partial charge in [0.05, 0.1) is 6.10 Å². The van der Waals surface area contributed by atoms with Gasteiger partial charge in [-0.3, -0.25) is 0 Å². The highest BCUT2D eigenvalue weighted by molar-refractivity contribution is 4.87. The first-order chi connectivity index (χ1) is 9.05. The lowest BCUT2D eigenvalue weighted by Gasteiger charge is -2.38. The van der Waals surface area contributed by atoms with Crippen LogP contribution in [0.25, 0.3) is 0 Å². The van der Waals surface area contributed by atoms with Crippen LogP contribution < -0.4 is 5.32 Å². The lowest BCUT2D eigenvalue weighted by molar-refractivity contribution is -0.334. The van der Waals surface area contributed by atoms with E-state index in [-0.39, 0.29) is 12.3 Å². The van der Waals surface area contributed by atoms with E-state index in [1.807, 2.05) is 0 Å². The number of alkyl halides is 6. The fourth-order valence-corrected chi connectivity index (χ4v) is 2.49. The summed E-state index contributed by atoms with van der Waals surface area (Å²) in [6.07, 6.45) is -14.2. The van der Waals surface area contributed by atoms with Gasteiger partial charge >= 0.3 is 12.4 Å². The molecule has 0 spiro atoms. The van der Waals surface area contributed by atoms with Gasteiger partial charge in [0.2, 0.25) is 6.10 Å². The van der Waals surface area contributed by atoms with Crippen molar-refractivity contribution in [1.29, 1.82) is 0 Å². The van der Waals surface area contributed by atoms with E-state index >= 15 is 0 Å². The van der Waals surface area contributed by atoms with Crippen LogP contribution in [-0.4, -0.2) is 37.1 Å². The molecule has 1 rings (SSSR count). The van der Waals surface area contributed by atoms with E-state index in [4.69, 9.17) is 0 Å². The van der Waals surface area contributed by atoms with Crippen LogP contribution in [0.15, 0.2) is 0 Å². The van der Waals surface area contributed by atoms with Crippen molar-refractivity contribution in [2.24, 2.45) is 5.92 Å². The molecule has 8 heteroatoms. The van der Waals surface area contributed by atoms with Gasteiger partial charge < -0.3 is 10.1 Å². The molecule has 1 fully saturated rings. The van der Waals surface area contributed by atoms with Crippen LogP contribution in [0.3, 0.4) is 0 Å². The summed E-state index contributed by atoms with van der Waals surface area (Å²) < 4.78 is 79.5. The van der Waals surface area contributed by atoms with Gasteiger partial charge in [-0.25, -0.2) is 0 Å². The highest BCUT2D eigenvalue weighted by Crippen LogP contribution is 2.38.